The van der Waals surface area contributed by atoms with Crippen LogP contribution in [0.25, 0.3) is 0 Å². The molecular weight excluding hydrogens is 242 g/mol. The number of ether oxygens (including phenoxy) is 1. The third kappa shape index (κ3) is 4.07. The second kappa shape index (κ2) is 6.25. The van der Waals surface area contributed by atoms with E-state index in [9.17, 15) is 9.59 Å². The van der Waals surface area contributed by atoms with Gasteiger partial charge in [-0.15, -0.1) is 11.6 Å². The minimum Gasteiger partial charge on any atom is -0.462 e. The van der Waals surface area contributed by atoms with E-state index in [0.29, 0.717) is 17.9 Å². The number of alkyl halides is 1. The van der Waals surface area contributed by atoms with Crippen LogP contribution >= 0.6 is 11.6 Å². The first-order valence-corrected chi connectivity index (χ1v) is 5.70. The molecule has 4 nitrogen and oxygen atoms in total. The van der Waals surface area contributed by atoms with Crippen molar-refractivity contribution in [2.75, 3.05) is 11.9 Å². The standard InChI is InChI=1S/C12H14ClNO3/c1-3-17-12(16)9-4-6-10(7-5-9)14-11(15)8(2)13/h4-8H,3H2,1-2H3,(H,14,15). The third-order valence-corrected chi connectivity index (χ3v) is 2.22. The summed E-state index contributed by atoms with van der Waals surface area (Å²) >= 11 is 5.61. The summed E-state index contributed by atoms with van der Waals surface area (Å²) in [6, 6.07) is 6.44. The highest BCUT2D eigenvalue weighted by atomic mass is 35.5. The van der Waals surface area contributed by atoms with Gasteiger partial charge in [0.2, 0.25) is 5.91 Å². The second-order valence-corrected chi connectivity index (χ2v) is 4.06. The summed E-state index contributed by atoms with van der Waals surface area (Å²) in [5.74, 6) is -0.661. The Kier molecular flexibility index (Phi) is 4.97. The molecule has 17 heavy (non-hydrogen) atoms. The molecule has 1 aromatic rings. The molecule has 0 aliphatic carbocycles. The van der Waals surface area contributed by atoms with Crippen LogP contribution in [0.3, 0.4) is 0 Å². The lowest BCUT2D eigenvalue weighted by Gasteiger charge is -2.07. The van der Waals surface area contributed by atoms with Gasteiger partial charge in [0, 0.05) is 5.69 Å². The normalized spacial score (nSPS) is 11.7. The van der Waals surface area contributed by atoms with E-state index in [1.165, 1.54) is 0 Å². The molecule has 0 aliphatic rings. The van der Waals surface area contributed by atoms with Crippen LogP contribution in [0.5, 0.6) is 0 Å². The van der Waals surface area contributed by atoms with Crippen molar-refractivity contribution >= 4 is 29.2 Å². The van der Waals surface area contributed by atoms with E-state index in [0.717, 1.165) is 0 Å². The van der Waals surface area contributed by atoms with Crippen molar-refractivity contribution in [1.29, 1.82) is 0 Å². The Morgan fingerprint density at radius 3 is 2.41 bits per heavy atom. The first-order valence-electron chi connectivity index (χ1n) is 5.26. The zero-order valence-corrected chi connectivity index (χ0v) is 10.5. The summed E-state index contributed by atoms with van der Waals surface area (Å²) in [5, 5.41) is 2.02. The molecule has 1 N–H and O–H groups in total. The molecule has 0 bridgehead atoms. The number of amides is 1. The average Bonchev–Trinajstić information content (AvgIpc) is 2.30. The lowest BCUT2D eigenvalue weighted by Crippen LogP contribution is -2.20. The van der Waals surface area contributed by atoms with Crippen molar-refractivity contribution in [1.82, 2.24) is 0 Å². The van der Waals surface area contributed by atoms with Crippen molar-refractivity contribution < 1.29 is 14.3 Å². The van der Waals surface area contributed by atoms with E-state index in [1.807, 2.05) is 0 Å². The van der Waals surface area contributed by atoms with Gasteiger partial charge in [0.1, 0.15) is 5.38 Å². The number of rotatable bonds is 4. The maximum Gasteiger partial charge on any atom is 0.338 e. The van der Waals surface area contributed by atoms with Crippen LogP contribution in [0.2, 0.25) is 0 Å². The topological polar surface area (TPSA) is 55.4 Å². The molecule has 0 aromatic heterocycles. The fraction of sp³-hybridized carbons (Fsp3) is 0.333. The molecule has 1 aromatic carbocycles. The van der Waals surface area contributed by atoms with Crippen LogP contribution < -0.4 is 5.32 Å². The number of benzene rings is 1. The van der Waals surface area contributed by atoms with Gasteiger partial charge in [-0.1, -0.05) is 0 Å². The molecule has 0 saturated heterocycles. The van der Waals surface area contributed by atoms with Crippen molar-refractivity contribution in [3.05, 3.63) is 29.8 Å². The number of esters is 1. The number of hydrogen-bond acceptors (Lipinski definition) is 3. The minimum absolute atomic E-state index is 0.282. The maximum absolute atomic E-state index is 11.4. The van der Waals surface area contributed by atoms with E-state index >= 15 is 0 Å². The van der Waals surface area contributed by atoms with Gasteiger partial charge >= 0.3 is 5.97 Å². The predicted octanol–water partition coefficient (Wildman–Crippen LogP) is 2.43. The smallest absolute Gasteiger partial charge is 0.338 e. The van der Waals surface area contributed by atoms with Gasteiger partial charge in [-0.05, 0) is 38.1 Å². The van der Waals surface area contributed by atoms with Gasteiger partial charge in [-0.2, -0.15) is 0 Å². The largest absolute Gasteiger partial charge is 0.462 e. The lowest BCUT2D eigenvalue weighted by atomic mass is 10.2. The van der Waals surface area contributed by atoms with Crippen LogP contribution in [0.1, 0.15) is 24.2 Å². The van der Waals surface area contributed by atoms with E-state index in [1.54, 1.807) is 38.1 Å². The first-order chi connectivity index (χ1) is 8.04. The Morgan fingerprint density at radius 2 is 1.94 bits per heavy atom. The van der Waals surface area contributed by atoms with Crippen molar-refractivity contribution in [2.24, 2.45) is 0 Å². The number of anilines is 1. The fourth-order valence-corrected chi connectivity index (χ4v) is 1.20. The van der Waals surface area contributed by atoms with E-state index < -0.39 is 5.38 Å². The summed E-state index contributed by atoms with van der Waals surface area (Å²) in [4.78, 5) is 22.7. The molecule has 5 heteroatoms. The lowest BCUT2D eigenvalue weighted by molar-refractivity contribution is -0.115. The SMILES string of the molecule is CCOC(=O)c1ccc(NC(=O)C(C)Cl)cc1. The van der Waals surface area contributed by atoms with Crippen LogP contribution in [-0.4, -0.2) is 23.9 Å². The quantitative estimate of drug-likeness (QED) is 0.664. The van der Waals surface area contributed by atoms with E-state index in [4.69, 9.17) is 16.3 Å². The van der Waals surface area contributed by atoms with Gasteiger partial charge in [0.25, 0.3) is 0 Å². The summed E-state index contributed by atoms with van der Waals surface area (Å²) in [7, 11) is 0. The first kappa shape index (κ1) is 13.5. The number of carbonyl (C=O) groups excluding carboxylic acids is 2. The zero-order chi connectivity index (χ0) is 12.8. The molecule has 0 spiro atoms. The molecule has 1 amide bonds. The molecule has 0 radical (unpaired) electrons. The number of hydrogen-bond donors (Lipinski definition) is 1. The molecule has 1 atom stereocenters. The van der Waals surface area contributed by atoms with Crippen LogP contribution in [0.4, 0.5) is 5.69 Å². The third-order valence-electron chi connectivity index (χ3n) is 2.02. The Labute approximate surface area is 105 Å². The summed E-state index contributed by atoms with van der Waals surface area (Å²) in [5.41, 5.74) is 1.04. The van der Waals surface area contributed by atoms with Crippen LogP contribution in [-0.2, 0) is 9.53 Å². The van der Waals surface area contributed by atoms with Crippen molar-refractivity contribution in [3.8, 4) is 0 Å². The summed E-state index contributed by atoms with van der Waals surface area (Å²) in [6.45, 7) is 3.67. The molecule has 1 rings (SSSR count). The number of halogens is 1. The highest BCUT2D eigenvalue weighted by molar-refractivity contribution is 6.32. The minimum atomic E-state index is -0.597. The summed E-state index contributed by atoms with van der Waals surface area (Å²) in [6.07, 6.45) is 0. The molecule has 1 unspecified atom stereocenters. The van der Waals surface area contributed by atoms with Crippen LogP contribution in [0, 0.1) is 0 Å². The Bertz CT molecular complexity index is 401. The summed E-state index contributed by atoms with van der Waals surface area (Å²) < 4.78 is 4.84. The highest BCUT2D eigenvalue weighted by Gasteiger charge is 2.10. The van der Waals surface area contributed by atoms with Gasteiger partial charge in [-0.3, -0.25) is 4.79 Å². The Balaban J connectivity index is 2.68. The van der Waals surface area contributed by atoms with Crippen molar-refractivity contribution in [2.45, 2.75) is 19.2 Å². The number of carbonyl (C=O) groups is 2. The van der Waals surface area contributed by atoms with E-state index in [-0.39, 0.29) is 11.9 Å². The second-order valence-electron chi connectivity index (χ2n) is 3.40. The molecule has 0 heterocycles. The maximum atomic E-state index is 11.4. The molecule has 92 valence electrons. The Hall–Kier alpha value is -1.55. The molecular formula is C12H14ClNO3. The zero-order valence-electron chi connectivity index (χ0n) is 9.70. The molecule has 0 fully saturated rings. The Morgan fingerprint density at radius 1 is 1.35 bits per heavy atom. The van der Waals surface area contributed by atoms with Gasteiger partial charge in [0.15, 0.2) is 0 Å². The molecule has 0 saturated carbocycles. The predicted molar refractivity (Wildman–Crippen MR) is 66.3 cm³/mol. The van der Waals surface area contributed by atoms with Gasteiger partial charge in [-0.25, -0.2) is 4.79 Å². The highest BCUT2D eigenvalue weighted by Crippen LogP contribution is 2.11. The molecule has 0 aliphatic heterocycles. The van der Waals surface area contributed by atoms with Crippen LogP contribution in [0.15, 0.2) is 24.3 Å². The monoisotopic (exact) mass is 255 g/mol. The van der Waals surface area contributed by atoms with Gasteiger partial charge in [0.05, 0.1) is 12.2 Å². The van der Waals surface area contributed by atoms with E-state index in [2.05, 4.69) is 5.32 Å². The van der Waals surface area contributed by atoms with Gasteiger partial charge < -0.3 is 10.1 Å². The van der Waals surface area contributed by atoms with Crippen molar-refractivity contribution in [3.63, 3.8) is 0 Å². The fourth-order valence-electron chi connectivity index (χ4n) is 1.15. The number of nitrogens with one attached hydrogen (secondary N) is 1. The average molecular weight is 256 g/mol.